The Bertz CT molecular complexity index is 371. The first-order valence-corrected chi connectivity index (χ1v) is 5.44. The maximum Gasteiger partial charge on any atom is 0.319 e. The smallest absolute Gasteiger partial charge is 0.319 e. The molecule has 17 heavy (non-hydrogen) atoms. The summed E-state index contributed by atoms with van der Waals surface area (Å²) in [5, 5.41) is 12.4. The summed E-state index contributed by atoms with van der Waals surface area (Å²) in [6.07, 6.45) is -0.981. The highest BCUT2D eigenvalue weighted by atomic mass is 19.1. The number of esters is 1. The first-order chi connectivity index (χ1) is 8.15. The average Bonchev–Trinajstić information content (AvgIpc) is 2.29. The van der Waals surface area contributed by atoms with Gasteiger partial charge in [-0.3, -0.25) is 4.79 Å². The van der Waals surface area contributed by atoms with Crippen molar-refractivity contribution in [3.63, 3.8) is 0 Å². The molecule has 0 amide bonds. The van der Waals surface area contributed by atoms with Crippen LogP contribution < -0.4 is 5.32 Å². The number of hydrogen-bond donors (Lipinski definition) is 2. The maximum atomic E-state index is 13.3. The third-order valence-corrected chi connectivity index (χ3v) is 2.18. The van der Waals surface area contributed by atoms with Crippen LogP contribution in [0.4, 0.5) is 4.39 Å². The molecular formula is C12H16FNO3. The molecule has 1 rings (SSSR count). The Balaban J connectivity index is 2.38. The van der Waals surface area contributed by atoms with E-state index in [-0.39, 0.29) is 18.7 Å². The van der Waals surface area contributed by atoms with Gasteiger partial charge < -0.3 is 15.2 Å². The molecule has 0 aliphatic heterocycles. The Labute approximate surface area is 99.4 Å². The first kappa shape index (κ1) is 13.6. The lowest BCUT2D eigenvalue weighted by atomic mass is 10.1. The van der Waals surface area contributed by atoms with E-state index >= 15 is 0 Å². The summed E-state index contributed by atoms with van der Waals surface area (Å²) in [6.45, 7) is 2.13. The van der Waals surface area contributed by atoms with E-state index in [1.807, 2.05) is 0 Å². The third kappa shape index (κ3) is 4.50. The lowest BCUT2D eigenvalue weighted by Gasteiger charge is -2.12. The van der Waals surface area contributed by atoms with Gasteiger partial charge in [0.05, 0.1) is 19.3 Å². The number of aliphatic hydroxyl groups is 1. The molecule has 0 spiro atoms. The van der Waals surface area contributed by atoms with Crippen molar-refractivity contribution in [2.24, 2.45) is 0 Å². The molecule has 2 N–H and O–H groups in total. The second-order valence-electron chi connectivity index (χ2n) is 3.47. The number of benzene rings is 1. The van der Waals surface area contributed by atoms with Crippen molar-refractivity contribution in [3.8, 4) is 0 Å². The lowest BCUT2D eigenvalue weighted by Crippen LogP contribution is -2.29. The maximum absolute atomic E-state index is 13.3. The summed E-state index contributed by atoms with van der Waals surface area (Å²) < 4.78 is 18.0. The van der Waals surface area contributed by atoms with E-state index in [2.05, 4.69) is 5.32 Å². The van der Waals surface area contributed by atoms with E-state index in [4.69, 9.17) is 4.74 Å². The van der Waals surface area contributed by atoms with Crippen LogP contribution in [0.5, 0.6) is 0 Å². The van der Waals surface area contributed by atoms with Crippen molar-refractivity contribution >= 4 is 5.97 Å². The molecule has 5 heteroatoms. The summed E-state index contributed by atoms with van der Waals surface area (Å²) in [4.78, 5) is 11.0. The fourth-order valence-electron chi connectivity index (χ4n) is 1.38. The van der Waals surface area contributed by atoms with Gasteiger partial charge >= 0.3 is 5.97 Å². The van der Waals surface area contributed by atoms with Gasteiger partial charge in [0, 0.05) is 12.1 Å². The zero-order chi connectivity index (χ0) is 12.7. The van der Waals surface area contributed by atoms with Crippen molar-refractivity contribution in [2.75, 3.05) is 19.7 Å². The Morgan fingerprint density at radius 2 is 2.24 bits per heavy atom. The topological polar surface area (TPSA) is 58.6 Å². The van der Waals surface area contributed by atoms with E-state index in [1.54, 1.807) is 19.1 Å². The molecule has 0 fully saturated rings. The van der Waals surface area contributed by atoms with Crippen LogP contribution in [0.25, 0.3) is 0 Å². The van der Waals surface area contributed by atoms with Gasteiger partial charge in [-0.2, -0.15) is 0 Å². The number of carbonyl (C=O) groups is 1. The molecule has 1 aromatic rings. The molecule has 0 aromatic heterocycles. The Kier molecular flexibility index (Phi) is 5.59. The number of aliphatic hydroxyl groups excluding tert-OH is 1. The average molecular weight is 241 g/mol. The number of carbonyl (C=O) groups excluding carboxylic acids is 1. The molecule has 1 aromatic carbocycles. The van der Waals surface area contributed by atoms with Gasteiger partial charge in [-0.15, -0.1) is 0 Å². The van der Waals surface area contributed by atoms with Gasteiger partial charge in [0.25, 0.3) is 0 Å². The highest BCUT2D eigenvalue weighted by Crippen LogP contribution is 2.15. The lowest BCUT2D eigenvalue weighted by molar-refractivity contribution is -0.142. The van der Waals surface area contributed by atoms with Gasteiger partial charge in [-0.1, -0.05) is 18.2 Å². The Hall–Kier alpha value is -1.46. The largest absolute Gasteiger partial charge is 0.465 e. The van der Waals surface area contributed by atoms with Crippen LogP contribution in [0, 0.1) is 5.82 Å². The van der Waals surface area contributed by atoms with E-state index in [1.165, 1.54) is 12.1 Å². The molecular weight excluding hydrogens is 225 g/mol. The van der Waals surface area contributed by atoms with Crippen molar-refractivity contribution in [3.05, 3.63) is 35.6 Å². The summed E-state index contributed by atoms with van der Waals surface area (Å²) in [6, 6.07) is 5.99. The second kappa shape index (κ2) is 6.98. The van der Waals surface area contributed by atoms with Crippen molar-refractivity contribution in [1.29, 1.82) is 0 Å². The van der Waals surface area contributed by atoms with Crippen LogP contribution in [0.15, 0.2) is 24.3 Å². The summed E-state index contributed by atoms with van der Waals surface area (Å²) in [7, 11) is 0. The SMILES string of the molecule is CCOC(=O)CNCC(O)c1ccccc1F. The number of rotatable bonds is 6. The summed E-state index contributed by atoms with van der Waals surface area (Å²) >= 11 is 0. The predicted octanol–water partition coefficient (Wildman–Crippen LogP) is 1.01. The molecule has 0 aliphatic rings. The molecule has 0 saturated carbocycles. The van der Waals surface area contributed by atoms with E-state index in [0.29, 0.717) is 6.61 Å². The zero-order valence-corrected chi connectivity index (χ0v) is 9.65. The molecule has 0 heterocycles. The number of nitrogens with one attached hydrogen (secondary N) is 1. The highest BCUT2D eigenvalue weighted by molar-refractivity contribution is 5.71. The van der Waals surface area contributed by atoms with Gasteiger partial charge in [0.15, 0.2) is 0 Å². The predicted molar refractivity (Wildman–Crippen MR) is 60.9 cm³/mol. The van der Waals surface area contributed by atoms with Gasteiger partial charge in [-0.25, -0.2) is 4.39 Å². The molecule has 94 valence electrons. The van der Waals surface area contributed by atoms with Crippen molar-refractivity contribution in [1.82, 2.24) is 5.32 Å². The normalized spacial score (nSPS) is 12.2. The summed E-state index contributed by atoms with van der Waals surface area (Å²) in [5.74, 6) is -0.855. The molecule has 0 aliphatic carbocycles. The molecule has 4 nitrogen and oxygen atoms in total. The van der Waals surface area contributed by atoms with Gasteiger partial charge in [-0.05, 0) is 13.0 Å². The van der Waals surface area contributed by atoms with Crippen LogP contribution in [-0.4, -0.2) is 30.8 Å². The number of hydrogen-bond acceptors (Lipinski definition) is 4. The van der Waals surface area contributed by atoms with Crippen molar-refractivity contribution < 1.29 is 19.0 Å². The molecule has 0 radical (unpaired) electrons. The zero-order valence-electron chi connectivity index (χ0n) is 9.65. The van der Waals surface area contributed by atoms with E-state index < -0.39 is 17.9 Å². The standard InChI is InChI=1S/C12H16FNO3/c1-2-17-12(16)8-14-7-11(15)9-5-3-4-6-10(9)13/h3-6,11,14-15H,2,7-8H2,1H3. The van der Waals surface area contributed by atoms with Gasteiger partial charge in [0.2, 0.25) is 0 Å². The van der Waals surface area contributed by atoms with Crippen LogP contribution >= 0.6 is 0 Å². The molecule has 0 saturated heterocycles. The van der Waals surface area contributed by atoms with Crippen LogP contribution in [0.3, 0.4) is 0 Å². The van der Waals surface area contributed by atoms with E-state index in [9.17, 15) is 14.3 Å². The van der Waals surface area contributed by atoms with Crippen molar-refractivity contribution in [2.45, 2.75) is 13.0 Å². The number of ether oxygens (including phenoxy) is 1. The fourth-order valence-corrected chi connectivity index (χ4v) is 1.38. The minimum atomic E-state index is -0.981. The highest BCUT2D eigenvalue weighted by Gasteiger charge is 2.12. The van der Waals surface area contributed by atoms with E-state index in [0.717, 1.165) is 0 Å². The van der Waals surface area contributed by atoms with Crippen LogP contribution in [0.2, 0.25) is 0 Å². The van der Waals surface area contributed by atoms with Gasteiger partial charge in [0.1, 0.15) is 5.82 Å². The first-order valence-electron chi connectivity index (χ1n) is 5.44. The molecule has 1 atom stereocenters. The third-order valence-electron chi connectivity index (χ3n) is 2.18. The number of halogens is 1. The second-order valence-corrected chi connectivity index (χ2v) is 3.47. The monoisotopic (exact) mass is 241 g/mol. The fraction of sp³-hybridized carbons (Fsp3) is 0.417. The minimum Gasteiger partial charge on any atom is -0.465 e. The Morgan fingerprint density at radius 1 is 1.53 bits per heavy atom. The van der Waals surface area contributed by atoms with Crippen LogP contribution in [-0.2, 0) is 9.53 Å². The van der Waals surface area contributed by atoms with Crippen LogP contribution in [0.1, 0.15) is 18.6 Å². The quantitative estimate of drug-likeness (QED) is 0.730. The Morgan fingerprint density at radius 3 is 2.88 bits per heavy atom. The minimum absolute atomic E-state index is 0.000642. The summed E-state index contributed by atoms with van der Waals surface area (Å²) in [5.41, 5.74) is 0.212. The molecule has 1 unspecified atom stereocenters. The molecule has 0 bridgehead atoms.